The van der Waals surface area contributed by atoms with Gasteiger partial charge in [0.2, 0.25) is 0 Å². The van der Waals surface area contributed by atoms with Crippen LogP contribution in [0.25, 0.3) is 0 Å². The predicted octanol–water partition coefficient (Wildman–Crippen LogP) is 7.46. The second-order valence-electron chi connectivity index (χ2n) is 8.60. The van der Waals surface area contributed by atoms with Crippen molar-refractivity contribution in [3.63, 3.8) is 0 Å². The number of rotatable bonds is 3. The van der Waals surface area contributed by atoms with Gasteiger partial charge >= 0.3 is 6.18 Å². The molecule has 3 rings (SSSR count). The maximum atomic E-state index is 12.8. The molecule has 0 aliphatic heterocycles. The molecule has 0 amide bonds. The van der Waals surface area contributed by atoms with E-state index in [1.165, 1.54) is 44.1 Å². The van der Waals surface area contributed by atoms with Gasteiger partial charge in [-0.2, -0.15) is 13.2 Å². The van der Waals surface area contributed by atoms with E-state index < -0.39 is 12.1 Å². The topological polar surface area (TPSA) is 0 Å². The third-order valence-corrected chi connectivity index (χ3v) is 7.15. The van der Waals surface area contributed by atoms with Gasteiger partial charge in [0.1, 0.15) is 0 Å². The Bertz CT molecular complexity index is 472. The molecule has 0 aromatic rings. The van der Waals surface area contributed by atoms with Gasteiger partial charge < -0.3 is 0 Å². The Hall–Kier alpha value is -0.730. The van der Waals surface area contributed by atoms with Crippen LogP contribution >= 0.6 is 0 Å². The Balaban J connectivity index is 1.46. The summed E-state index contributed by atoms with van der Waals surface area (Å²) in [5.41, 5.74) is 1.49. The molecule has 2 saturated carbocycles. The van der Waals surface area contributed by atoms with E-state index in [4.69, 9.17) is 0 Å². The van der Waals surface area contributed by atoms with Gasteiger partial charge in [-0.25, -0.2) is 0 Å². The highest BCUT2D eigenvalue weighted by molar-refractivity contribution is 5.12. The summed E-state index contributed by atoms with van der Waals surface area (Å²) in [5, 5.41) is 0. The Labute approximate surface area is 151 Å². The molecular formula is C22H33F3. The van der Waals surface area contributed by atoms with Crippen molar-refractivity contribution in [2.75, 3.05) is 0 Å². The summed E-state index contributed by atoms with van der Waals surface area (Å²) in [6.45, 7) is 2.11. The molecule has 0 saturated heterocycles. The number of hydrogen-bond donors (Lipinski definition) is 0. The van der Waals surface area contributed by atoms with Crippen molar-refractivity contribution < 1.29 is 13.2 Å². The van der Waals surface area contributed by atoms with Crippen LogP contribution in [0, 0.1) is 29.6 Å². The molecule has 3 heteroatoms. The first-order valence-electron chi connectivity index (χ1n) is 10.4. The average Bonchev–Trinajstić information content (AvgIpc) is 2.62. The highest BCUT2D eigenvalue weighted by Gasteiger charge is 2.42. The molecular weight excluding hydrogens is 321 g/mol. The van der Waals surface area contributed by atoms with Gasteiger partial charge in [0.05, 0.1) is 5.92 Å². The van der Waals surface area contributed by atoms with E-state index in [0.717, 1.165) is 37.0 Å². The smallest absolute Gasteiger partial charge is 0.171 e. The van der Waals surface area contributed by atoms with Gasteiger partial charge in [-0.15, -0.1) is 0 Å². The number of halogens is 3. The summed E-state index contributed by atoms with van der Waals surface area (Å²) < 4.78 is 38.5. The molecule has 0 bridgehead atoms. The van der Waals surface area contributed by atoms with Gasteiger partial charge in [-0.3, -0.25) is 0 Å². The minimum atomic E-state index is -3.98. The first-order valence-corrected chi connectivity index (χ1v) is 10.4. The second kappa shape index (κ2) is 8.31. The Morgan fingerprint density at radius 3 is 2.08 bits per heavy atom. The van der Waals surface area contributed by atoms with Crippen molar-refractivity contribution >= 4 is 0 Å². The van der Waals surface area contributed by atoms with E-state index in [0.29, 0.717) is 18.8 Å². The lowest BCUT2D eigenvalue weighted by molar-refractivity contribution is -0.183. The minimum absolute atomic E-state index is 0.337. The Kier molecular flexibility index (Phi) is 6.33. The highest BCUT2D eigenvalue weighted by Crippen LogP contribution is 2.45. The average molecular weight is 355 g/mol. The maximum Gasteiger partial charge on any atom is 0.391 e. The standard InChI is InChI=1S/C22H33F3/c1-2-3-16-4-6-17(7-5-16)18-8-10-19(11-9-18)20-12-14-21(15-13-20)22(23,24)25/h2-3,10,16-18,20-21H,4-9,11-15H2,1H3/b3-2+. The van der Waals surface area contributed by atoms with Crippen LogP contribution in [0.3, 0.4) is 0 Å². The maximum absolute atomic E-state index is 12.8. The normalized spacial score (nSPS) is 37.9. The number of alkyl halides is 3. The molecule has 1 atom stereocenters. The Morgan fingerprint density at radius 2 is 1.56 bits per heavy atom. The SMILES string of the molecule is C/C=C/C1CCC(C2CC=C(C3CCC(C(F)(F)F)CC3)CC2)CC1. The monoisotopic (exact) mass is 354 g/mol. The summed E-state index contributed by atoms with van der Waals surface area (Å²) >= 11 is 0. The van der Waals surface area contributed by atoms with E-state index >= 15 is 0 Å². The van der Waals surface area contributed by atoms with Crippen LogP contribution in [0.5, 0.6) is 0 Å². The number of hydrogen-bond acceptors (Lipinski definition) is 0. The predicted molar refractivity (Wildman–Crippen MR) is 97.2 cm³/mol. The van der Waals surface area contributed by atoms with Crippen LogP contribution in [-0.4, -0.2) is 6.18 Å². The molecule has 0 aromatic heterocycles. The summed E-state index contributed by atoms with van der Waals surface area (Å²) in [5.74, 6) is 1.87. The van der Waals surface area contributed by atoms with Crippen LogP contribution in [0.4, 0.5) is 13.2 Å². The lowest BCUT2D eigenvalue weighted by Gasteiger charge is -2.37. The zero-order valence-corrected chi connectivity index (χ0v) is 15.5. The van der Waals surface area contributed by atoms with E-state index in [-0.39, 0.29) is 0 Å². The molecule has 0 nitrogen and oxygen atoms in total. The van der Waals surface area contributed by atoms with Crippen molar-refractivity contribution in [1.29, 1.82) is 0 Å². The van der Waals surface area contributed by atoms with Gasteiger partial charge in [0, 0.05) is 0 Å². The molecule has 1 unspecified atom stereocenters. The van der Waals surface area contributed by atoms with Crippen molar-refractivity contribution in [2.24, 2.45) is 29.6 Å². The molecule has 2 fully saturated rings. The molecule has 0 aromatic carbocycles. The zero-order chi connectivity index (χ0) is 17.9. The van der Waals surface area contributed by atoms with Crippen molar-refractivity contribution in [2.45, 2.75) is 83.7 Å². The largest absolute Gasteiger partial charge is 0.391 e. The highest BCUT2D eigenvalue weighted by atomic mass is 19.4. The molecule has 25 heavy (non-hydrogen) atoms. The van der Waals surface area contributed by atoms with Gasteiger partial charge in [-0.05, 0) is 101 Å². The summed E-state index contributed by atoms with van der Waals surface area (Å²) in [6, 6.07) is 0. The summed E-state index contributed by atoms with van der Waals surface area (Å²) in [6.07, 6.45) is 14.1. The fourth-order valence-corrected chi connectivity index (χ4v) is 5.55. The third-order valence-electron chi connectivity index (χ3n) is 7.15. The number of allylic oxidation sites excluding steroid dienone is 4. The third kappa shape index (κ3) is 4.92. The van der Waals surface area contributed by atoms with E-state index in [1.54, 1.807) is 0 Å². The molecule has 0 radical (unpaired) electrons. The molecule has 0 N–H and O–H groups in total. The van der Waals surface area contributed by atoms with Crippen LogP contribution in [0.1, 0.15) is 77.6 Å². The molecule has 3 aliphatic rings. The molecule has 142 valence electrons. The fraction of sp³-hybridized carbons (Fsp3) is 0.818. The fourth-order valence-electron chi connectivity index (χ4n) is 5.55. The van der Waals surface area contributed by atoms with Gasteiger partial charge in [0.15, 0.2) is 0 Å². The van der Waals surface area contributed by atoms with Gasteiger partial charge in [0.25, 0.3) is 0 Å². The quantitative estimate of drug-likeness (QED) is 0.461. The van der Waals surface area contributed by atoms with E-state index in [2.05, 4.69) is 25.2 Å². The summed E-state index contributed by atoms with van der Waals surface area (Å²) in [7, 11) is 0. The van der Waals surface area contributed by atoms with Crippen LogP contribution < -0.4 is 0 Å². The van der Waals surface area contributed by atoms with Crippen molar-refractivity contribution in [3.8, 4) is 0 Å². The minimum Gasteiger partial charge on any atom is -0.171 e. The zero-order valence-electron chi connectivity index (χ0n) is 15.5. The van der Waals surface area contributed by atoms with Crippen molar-refractivity contribution in [3.05, 3.63) is 23.8 Å². The first kappa shape index (κ1) is 19.0. The first-order chi connectivity index (χ1) is 12.0. The van der Waals surface area contributed by atoms with E-state index in [1.807, 2.05) is 0 Å². The van der Waals surface area contributed by atoms with Crippen LogP contribution in [0.15, 0.2) is 23.8 Å². The second-order valence-corrected chi connectivity index (χ2v) is 8.60. The molecule has 0 heterocycles. The van der Waals surface area contributed by atoms with Gasteiger partial charge in [-0.1, -0.05) is 23.8 Å². The van der Waals surface area contributed by atoms with Crippen LogP contribution in [0.2, 0.25) is 0 Å². The lowest BCUT2D eigenvalue weighted by Crippen LogP contribution is -2.29. The molecule has 3 aliphatic carbocycles. The lowest BCUT2D eigenvalue weighted by atomic mass is 9.69. The van der Waals surface area contributed by atoms with Crippen molar-refractivity contribution in [1.82, 2.24) is 0 Å². The van der Waals surface area contributed by atoms with E-state index in [9.17, 15) is 13.2 Å². The Morgan fingerprint density at radius 1 is 0.880 bits per heavy atom. The summed E-state index contributed by atoms with van der Waals surface area (Å²) in [4.78, 5) is 0. The van der Waals surface area contributed by atoms with Crippen LogP contribution in [-0.2, 0) is 0 Å². The molecule has 0 spiro atoms.